The van der Waals surface area contributed by atoms with Gasteiger partial charge in [-0.2, -0.15) is 0 Å². The molecule has 0 aliphatic heterocycles. The van der Waals surface area contributed by atoms with E-state index in [1.54, 1.807) is 6.92 Å². The molecule has 0 amide bonds. The highest BCUT2D eigenvalue weighted by molar-refractivity contribution is 7.85. The van der Waals surface area contributed by atoms with Crippen molar-refractivity contribution in [3.05, 3.63) is 29.8 Å². The van der Waals surface area contributed by atoms with Gasteiger partial charge in [0.1, 0.15) is 0 Å². The van der Waals surface area contributed by atoms with Gasteiger partial charge in [0.25, 0.3) is 0 Å². The fourth-order valence-electron chi connectivity index (χ4n) is 1.72. The summed E-state index contributed by atoms with van der Waals surface area (Å²) in [6, 6.07) is 7.76. The third-order valence-electron chi connectivity index (χ3n) is 3.00. The zero-order chi connectivity index (χ0) is 14.6. The molecule has 106 valence electrons. The van der Waals surface area contributed by atoms with E-state index in [4.69, 9.17) is 0 Å². The standard InChI is InChI=1S/C15H22O3S/c1-11(10-14(16)18-5)19(17)13-8-6-12(7-9-13)15(2,3)4/h6-9,11H,10H2,1-5H3. The fraction of sp³-hybridized carbons (Fsp3) is 0.533. The van der Waals surface area contributed by atoms with Crippen LogP contribution in [0.3, 0.4) is 0 Å². The van der Waals surface area contributed by atoms with Crippen molar-refractivity contribution in [3.8, 4) is 0 Å². The number of benzene rings is 1. The van der Waals surface area contributed by atoms with E-state index in [9.17, 15) is 9.00 Å². The van der Waals surface area contributed by atoms with Gasteiger partial charge in [-0.3, -0.25) is 9.00 Å². The van der Waals surface area contributed by atoms with Crippen molar-refractivity contribution in [2.45, 2.75) is 49.7 Å². The number of ether oxygens (including phenoxy) is 1. The zero-order valence-electron chi connectivity index (χ0n) is 12.2. The third kappa shape index (κ3) is 4.46. The van der Waals surface area contributed by atoms with Crippen LogP contribution in [-0.2, 0) is 25.7 Å². The van der Waals surface area contributed by atoms with E-state index in [1.807, 2.05) is 24.3 Å². The van der Waals surface area contributed by atoms with Gasteiger partial charge in [-0.05, 0) is 30.0 Å². The molecule has 0 aliphatic rings. The number of hydrogen-bond donors (Lipinski definition) is 0. The second-order valence-corrected chi connectivity index (χ2v) is 7.53. The van der Waals surface area contributed by atoms with Gasteiger partial charge >= 0.3 is 5.97 Å². The van der Waals surface area contributed by atoms with Gasteiger partial charge < -0.3 is 4.74 Å². The summed E-state index contributed by atoms with van der Waals surface area (Å²) in [5, 5.41) is -0.243. The minimum atomic E-state index is -1.19. The maximum absolute atomic E-state index is 12.3. The van der Waals surface area contributed by atoms with Crippen molar-refractivity contribution in [2.75, 3.05) is 7.11 Å². The smallest absolute Gasteiger partial charge is 0.306 e. The van der Waals surface area contributed by atoms with E-state index in [0.717, 1.165) is 4.90 Å². The van der Waals surface area contributed by atoms with E-state index in [2.05, 4.69) is 25.5 Å². The molecular formula is C15H22O3S. The molecule has 2 atom stereocenters. The Balaban J connectivity index is 2.81. The zero-order valence-corrected chi connectivity index (χ0v) is 13.0. The summed E-state index contributed by atoms with van der Waals surface area (Å²) in [6.07, 6.45) is 0.171. The highest BCUT2D eigenvalue weighted by Gasteiger charge is 2.19. The lowest BCUT2D eigenvalue weighted by Crippen LogP contribution is -2.17. The predicted octanol–water partition coefficient (Wildman–Crippen LogP) is 3.04. The summed E-state index contributed by atoms with van der Waals surface area (Å²) >= 11 is 0. The SMILES string of the molecule is COC(=O)CC(C)S(=O)c1ccc(C(C)(C)C)cc1. The predicted molar refractivity (Wildman–Crippen MR) is 77.6 cm³/mol. The van der Waals surface area contributed by atoms with Crippen molar-refractivity contribution >= 4 is 16.8 Å². The van der Waals surface area contributed by atoms with Crippen LogP contribution < -0.4 is 0 Å². The molecule has 2 unspecified atom stereocenters. The molecule has 19 heavy (non-hydrogen) atoms. The Morgan fingerprint density at radius 1 is 1.26 bits per heavy atom. The molecule has 4 heteroatoms. The molecule has 0 spiro atoms. The second kappa shape index (κ2) is 6.33. The summed E-state index contributed by atoms with van der Waals surface area (Å²) in [5.41, 5.74) is 1.28. The van der Waals surface area contributed by atoms with Crippen LogP contribution in [0, 0.1) is 0 Å². The van der Waals surface area contributed by atoms with Crippen LogP contribution in [0.2, 0.25) is 0 Å². The minimum Gasteiger partial charge on any atom is -0.469 e. The Kier molecular flexibility index (Phi) is 5.29. The van der Waals surface area contributed by atoms with Crippen LogP contribution in [0.1, 0.15) is 39.7 Å². The Hall–Kier alpha value is -1.16. The molecule has 0 aromatic heterocycles. The molecule has 3 nitrogen and oxygen atoms in total. The molecule has 0 aliphatic carbocycles. The second-order valence-electron chi connectivity index (χ2n) is 5.66. The molecule has 0 heterocycles. The van der Waals surface area contributed by atoms with E-state index in [1.165, 1.54) is 12.7 Å². The van der Waals surface area contributed by atoms with Gasteiger partial charge in [0.15, 0.2) is 0 Å². The van der Waals surface area contributed by atoms with Gasteiger partial charge in [0.05, 0.1) is 24.3 Å². The van der Waals surface area contributed by atoms with Crippen LogP contribution in [-0.4, -0.2) is 22.5 Å². The third-order valence-corrected chi connectivity index (χ3v) is 4.63. The lowest BCUT2D eigenvalue weighted by atomic mass is 9.87. The molecule has 1 rings (SSSR count). The van der Waals surface area contributed by atoms with Crippen LogP contribution in [0.25, 0.3) is 0 Å². The summed E-state index contributed by atoms with van der Waals surface area (Å²) in [5.74, 6) is -0.327. The summed E-state index contributed by atoms with van der Waals surface area (Å²) < 4.78 is 16.9. The lowest BCUT2D eigenvalue weighted by molar-refractivity contribution is -0.140. The van der Waals surface area contributed by atoms with Crippen LogP contribution in [0.15, 0.2) is 29.2 Å². The molecule has 1 aromatic rings. The molecule has 0 N–H and O–H groups in total. The number of carbonyl (C=O) groups is 1. The number of rotatable bonds is 4. The van der Waals surface area contributed by atoms with Gasteiger partial charge in [-0.1, -0.05) is 32.9 Å². The Morgan fingerprint density at radius 3 is 2.21 bits per heavy atom. The van der Waals surface area contributed by atoms with Crippen LogP contribution >= 0.6 is 0 Å². The van der Waals surface area contributed by atoms with Crippen molar-refractivity contribution in [2.24, 2.45) is 0 Å². The first-order chi connectivity index (χ1) is 8.75. The Morgan fingerprint density at radius 2 is 1.79 bits per heavy atom. The molecule has 0 fully saturated rings. The van der Waals surface area contributed by atoms with Crippen LogP contribution in [0.4, 0.5) is 0 Å². The number of carbonyl (C=O) groups excluding carboxylic acids is 1. The average Bonchev–Trinajstić information content (AvgIpc) is 2.36. The topological polar surface area (TPSA) is 43.4 Å². The highest BCUT2D eigenvalue weighted by atomic mass is 32.2. The number of methoxy groups -OCH3 is 1. The summed E-state index contributed by atoms with van der Waals surface area (Å²) in [6.45, 7) is 8.21. The monoisotopic (exact) mass is 282 g/mol. The maximum atomic E-state index is 12.3. The van der Waals surface area contributed by atoms with Gasteiger partial charge in [0, 0.05) is 10.1 Å². The lowest BCUT2D eigenvalue weighted by Gasteiger charge is -2.19. The molecule has 1 aromatic carbocycles. The van der Waals surface area contributed by atoms with Gasteiger partial charge in [-0.25, -0.2) is 0 Å². The summed E-state index contributed by atoms with van der Waals surface area (Å²) in [7, 11) is 0.157. The molecule has 0 saturated carbocycles. The van der Waals surface area contributed by atoms with Crippen LogP contribution in [0.5, 0.6) is 0 Å². The van der Waals surface area contributed by atoms with Crippen molar-refractivity contribution in [1.82, 2.24) is 0 Å². The normalized spacial score (nSPS) is 14.8. The molecular weight excluding hydrogens is 260 g/mol. The van der Waals surface area contributed by atoms with Gasteiger partial charge in [-0.15, -0.1) is 0 Å². The molecule has 0 saturated heterocycles. The quantitative estimate of drug-likeness (QED) is 0.797. The Labute approximate surface area is 117 Å². The fourth-order valence-corrected chi connectivity index (χ4v) is 2.87. The first-order valence-electron chi connectivity index (χ1n) is 6.33. The van der Waals surface area contributed by atoms with Crippen molar-refractivity contribution < 1.29 is 13.7 Å². The molecule has 0 radical (unpaired) electrons. The first kappa shape index (κ1) is 15.9. The minimum absolute atomic E-state index is 0.0810. The number of esters is 1. The maximum Gasteiger partial charge on any atom is 0.306 e. The first-order valence-corrected chi connectivity index (χ1v) is 7.55. The Bertz CT molecular complexity index is 457. The summed E-state index contributed by atoms with van der Waals surface area (Å²) in [4.78, 5) is 11.9. The molecule has 0 bridgehead atoms. The van der Waals surface area contributed by atoms with Crippen molar-refractivity contribution in [3.63, 3.8) is 0 Å². The number of hydrogen-bond acceptors (Lipinski definition) is 3. The van der Waals surface area contributed by atoms with E-state index >= 15 is 0 Å². The van der Waals surface area contributed by atoms with E-state index < -0.39 is 10.8 Å². The van der Waals surface area contributed by atoms with Gasteiger partial charge in [0.2, 0.25) is 0 Å². The van der Waals surface area contributed by atoms with Crippen molar-refractivity contribution in [1.29, 1.82) is 0 Å². The average molecular weight is 282 g/mol. The van der Waals surface area contributed by atoms with E-state index in [0.29, 0.717) is 0 Å². The highest BCUT2D eigenvalue weighted by Crippen LogP contribution is 2.24. The van der Waals surface area contributed by atoms with E-state index in [-0.39, 0.29) is 23.1 Å². The largest absolute Gasteiger partial charge is 0.469 e.